The molecule has 0 heterocycles. The lowest BCUT2D eigenvalue weighted by Gasteiger charge is -2.29. The molecule has 7 heteroatoms. The van der Waals surface area contributed by atoms with E-state index in [0.717, 1.165) is 0 Å². The van der Waals surface area contributed by atoms with E-state index in [9.17, 15) is 23.1 Å². The molecule has 0 aliphatic carbocycles. The molecule has 1 atom stereocenters. The first-order valence-corrected chi connectivity index (χ1v) is 10.3. The number of amides is 1. The Hall–Kier alpha value is -2.67. The zero-order valence-corrected chi connectivity index (χ0v) is 16.1. The van der Waals surface area contributed by atoms with Crippen molar-refractivity contribution in [1.82, 2.24) is 5.32 Å². The fourth-order valence-electron chi connectivity index (χ4n) is 2.85. The van der Waals surface area contributed by atoms with Crippen molar-refractivity contribution in [1.29, 1.82) is 0 Å². The highest BCUT2D eigenvalue weighted by molar-refractivity contribution is 7.91. The van der Waals surface area contributed by atoms with E-state index in [-0.39, 0.29) is 22.8 Å². The summed E-state index contributed by atoms with van der Waals surface area (Å²) in [6.07, 6.45) is 0.306. The molecule has 0 fully saturated rings. The van der Waals surface area contributed by atoms with Gasteiger partial charge in [-0.1, -0.05) is 44.2 Å². The van der Waals surface area contributed by atoms with E-state index in [1.165, 1.54) is 24.3 Å². The van der Waals surface area contributed by atoms with Crippen LogP contribution in [0.1, 0.15) is 36.2 Å². The number of hydrogen-bond acceptors (Lipinski definition) is 4. The molecule has 0 saturated heterocycles. The molecule has 27 heavy (non-hydrogen) atoms. The first-order chi connectivity index (χ1) is 12.8. The maximum Gasteiger partial charge on any atom is 0.315 e. The number of carboxylic acid groups (broad SMARTS) is 1. The third kappa shape index (κ3) is 4.36. The van der Waals surface area contributed by atoms with Gasteiger partial charge in [0.2, 0.25) is 0 Å². The average molecular weight is 389 g/mol. The number of hydrogen-bond donors (Lipinski definition) is 2. The predicted molar refractivity (Wildman–Crippen MR) is 103 cm³/mol. The van der Waals surface area contributed by atoms with Crippen LogP contribution in [0.25, 0.3) is 0 Å². The van der Waals surface area contributed by atoms with Gasteiger partial charge in [0.05, 0.1) is 10.6 Å². The third-order valence-corrected chi connectivity index (χ3v) is 6.50. The Morgan fingerprint density at radius 1 is 1.00 bits per heavy atom. The van der Waals surface area contributed by atoms with Crippen LogP contribution in [0.3, 0.4) is 0 Å². The molecular formula is C20H23NO5S. The Labute approximate surface area is 159 Å². The van der Waals surface area contributed by atoms with Crippen molar-refractivity contribution >= 4 is 21.7 Å². The molecule has 144 valence electrons. The van der Waals surface area contributed by atoms with Crippen molar-refractivity contribution in [3.8, 4) is 0 Å². The third-order valence-electron chi connectivity index (χ3n) is 4.75. The number of carbonyl (C=O) groups is 2. The van der Waals surface area contributed by atoms with Crippen LogP contribution in [-0.4, -0.2) is 37.7 Å². The van der Waals surface area contributed by atoms with E-state index in [4.69, 9.17) is 0 Å². The van der Waals surface area contributed by atoms with Crippen LogP contribution in [0.5, 0.6) is 0 Å². The summed E-state index contributed by atoms with van der Waals surface area (Å²) >= 11 is 0. The van der Waals surface area contributed by atoms with Gasteiger partial charge in [-0.25, -0.2) is 8.42 Å². The van der Waals surface area contributed by atoms with E-state index in [1.54, 1.807) is 44.2 Å². The summed E-state index contributed by atoms with van der Waals surface area (Å²) in [6.45, 7) is 3.24. The number of rotatable bonds is 8. The second-order valence-corrected chi connectivity index (χ2v) is 8.50. The largest absolute Gasteiger partial charge is 0.481 e. The number of carbonyl (C=O) groups excluding carboxylic acids is 1. The maximum atomic E-state index is 12.4. The number of aliphatic carboxylic acids is 1. The highest BCUT2D eigenvalue weighted by Gasteiger charge is 2.39. The van der Waals surface area contributed by atoms with Gasteiger partial charge in [0.15, 0.2) is 9.84 Å². The second-order valence-electron chi connectivity index (χ2n) is 6.22. The van der Waals surface area contributed by atoms with Crippen LogP contribution in [0.4, 0.5) is 0 Å². The Bertz CT molecular complexity index is 907. The van der Waals surface area contributed by atoms with E-state index in [1.807, 2.05) is 0 Å². The lowest BCUT2D eigenvalue weighted by Crippen LogP contribution is -2.46. The normalized spacial score (nSPS) is 13.6. The lowest BCUT2D eigenvalue weighted by molar-refractivity contribution is -0.143. The van der Waals surface area contributed by atoms with Crippen LogP contribution in [-0.2, 0) is 20.0 Å². The van der Waals surface area contributed by atoms with Crippen molar-refractivity contribution in [3.05, 3.63) is 65.7 Å². The molecule has 2 rings (SSSR count). The first-order valence-electron chi connectivity index (χ1n) is 8.66. The summed E-state index contributed by atoms with van der Waals surface area (Å²) in [7, 11) is -3.34. The molecule has 2 aromatic rings. The summed E-state index contributed by atoms with van der Waals surface area (Å²) in [5, 5.41) is 12.5. The van der Waals surface area contributed by atoms with Gasteiger partial charge in [-0.3, -0.25) is 9.59 Å². The Balaban J connectivity index is 2.20. The highest BCUT2D eigenvalue weighted by Crippen LogP contribution is 2.28. The van der Waals surface area contributed by atoms with Gasteiger partial charge in [0.1, 0.15) is 5.41 Å². The molecule has 0 spiro atoms. The molecule has 0 aliphatic heterocycles. The molecule has 0 aliphatic rings. The van der Waals surface area contributed by atoms with E-state index < -0.39 is 27.1 Å². The Morgan fingerprint density at radius 2 is 1.59 bits per heavy atom. The Kier molecular flexibility index (Phi) is 6.38. The molecule has 2 N–H and O–H groups in total. The zero-order valence-electron chi connectivity index (χ0n) is 15.3. The number of nitrogens with one attached hydrogen (secondary N) is 1. The van der Waals surface area contributed by atoms with Crippen molar-refractivity contribution in [2.75, 3.05) is 12.3 Å². The number of sulfone groups is 1. The topological polar surface area (TPSA) is 101 Å². The molecule has 0 aromatic heterocycles. The monoisotopic (exact) mass is 389 g/mol. The quantitative estimate of drug-likeness (QED) is 0.723. The minimum Gasteiger partial charge on any atom is -0.481 e. The molecule has 0 radical (unpaired) electrons. The summed E-state index contributed by atoms with van der Waals surface area (Å²) in [5.41, 5.74) is -0.347. The molecule has 0 bridgehead atoms. The van der Waals surface area contributed by atoms with Gasteiger partial charge >= 0.3 is 5.97 Å². The van der Waals surface area contributed by atoms with Crippen LogP contribution in [0.15, 0.2) is 59.5 Å². The maximum absolute atomic E-state index is 12.4. The number of benzene rings is 2. The van der Waals surface area contributed by atoms with Crippen molar-refractivity contribution in [3.63, 3.8) is 0 Å². The van der Waals surface area contributed by atoms with Crippen LogP contribution >= 0.6 is 0 Å². The SMILES string of the molecule is CCC(CNC(=O)c1ccc(S(=O)(=O)CC)cc1)(C(=O)O)c1ccccc1. The van der Waals surface area contributed by atoms with Gasteiger partial charge in [-0.05, 0) is 36.2 Å². The molecule has 6 nitrogen and oxygen atoms in total. The molecule has 1 amide bonds. The van der Waals surface area contributed by atoms with Crippen LogP contribution in [0, 0.1) is 0 Å². The minimum absolute atomic E-state index is 0.0206. The highest BCUT2D eigenvalue weighted by atomic mass is 32.2. The predicted octanol–water partition coefficient (Wildman–Crippen LogP) is 2.64. The average Bonchev–Trinajstić information content (AvgIpc) is 2.69. The van der Waals surface area contributed by atoms with E-state index >= 15 is 0 Å². The summed E-state index contributed by atoms with van der Waals surface area (Å²) in [6, 6.07) is 14.4. The van der Waals surface area contributed by atoms with Gasteiger partial charge < -0.3 is 10.4 Å². The lowest BCUT2D eigenvalue weighted by atomic mass is 9.78. The van der Waals surface area contributed by atoms with Gasteiger partial charge in [0, 0.05) is 12.1 Å². The van der Waals surface area contributed by atoms with Gasteiger partial charge in [-0.2, -0.15) is 0 Å². The van der Waals surface area contributed by atoms with Gasteiger partial charge in [-0.15, -0.1) is 0 Å². The van der Waals surface area contributed by atoms with E-state index in [0.29, 0.717) is 12.0 Å². The molecule has 1 unspecified atom stereocenters. The van der Waals surface area contributed by atoms with Gasteiger partial charge in [0.25, 0.3) is 5.91 Å². The van der Waals surface area contributed by atoms with E-state index in [2.05, 4.69) is 5.32 Å². The molecule has 2 aromatic carbocycles. The Morgan fingerprint density at radius 3 is 2.07 bits per heavy atom. The van der Waals surface area contributed by atoms with Crippen molar-refractivity contribution < 1.29 is 23.1 Å². The summed E-state index contributed by atoms with van der Waals surface area (Å²) in [4.78, 5) is 24.6. The summed E-state index contributed by atoms with van der Waals surface area (Å²) in [5.74, 6) is -1.49. The van der Waals surface area contributed by atoms with Crippen molar-refractivity contribution in [2.24, 2.45) is 0 Å². The van der Waals surface area contributed by atoms with Crippen LogP contribution < -0.4 is 5.32 Å². The molecular weight excluding hydrogens is 366 g/mol. The zero-order chi connectivity index (χ0) is 20.1. The first kappa shape index (κ1) is 20.6. The van der Waals surface area contributed by atoms with Crippen molar-refractivity contribution in [2.45, 2.75) is 30.6 Å². The van der Waals surface area contributed by atoms with Crippen LogP contribution in [0.2, 0.25) is 0 Å². The minimum atomic E-state index is -3.34. The molecule has 0 saturated carbocycles. The fourth-order valence-corrected chi connectivity index (χ4v) is 3.74. The standard InChI is InChI=1S/C20H23NO5S/c1-3-20(19(23)24,16-8-6-5-7-9-16)14-21-18(22)15-10-12-17(13-11-15)27(25,26)4-2/h5-13H,3-4,14H2,1-2H3,(H,21,22)(H,23,24). The number of carboxylic acids is 1. The summed E-state index contributed by atoms with van der Waals surface area (Å²) < 4.78 is 23.7. The smallest absolute Gasteiger partial charge is 0.315 e. The second kappa shape index (κ2) is 8.35. The fraction of sp³-hybridized carbons (Fsp3) is 0.300.